The highest BCUT2D eigenvalue weighted by Gasteiger charge is 2.05. The molecule has 1 aromatic heterocycles. The van der Waals surface area contributed by atoms with E-state index < -0.39 is 0 Å². The Labute approximate surface area is 89.9 Å². The summed E-state index contributed by atoms with van der Waals surface area (Å²) >= 11 is 0. The summed E-state index contributed by atoms with van der Waals surface area (Å²) in [5.74, 6) is 0. The highest BCUT2D eigenvalue weighted by atomic mass is 15.3. The van der Waals surface area contributed by atoms with Gasteiger partial charge >= 0.3 is 0 Å². The molecule has 76 valence electrons. The summed E-state index contributed by atoms with van der Waals surface area (Å²) in [7, 11) is 1.95. The van der Waals surface area contributed by atoms with Gasteiger partial charge in [0, 0.05) is 18.3 Å². The van der Waals surface area contributed by atoms with Crippen LogP contribution in [0.1, 0.15) is 11.3 Å². The van der Waals surface area contributed by atoms with Crippen LogP contribution in [0.15, 0.2) is 37.0 Å². The van der Waals surface area contributed by atoms with Gasteiger partial charge < -0.3 is 0 Å². The third-order valence-corrected chi connectivity index (χ3v) is 2.67. The van der Waals surface area contributed by atoms with E-state index in [2.05, 4.69) is 30.7 Å². The number of rotatable bonds is 2. The van der Waals surface area contributed by atoms with Crippen molar-refractivity contribution in [3.63, 3.8) is 0 Å². The van der Waals surface area contributed by atoms with E-state index in [4.69, 9.17) is 0 Å². The van der Waals surface area contributed by atoms with Crippen LogP contribution in [0, 0.1) is 6.92 Å². The lowest BCUT2D eigenvalue weighted by atomic mass is 10.0. The van der Waals surface area contributed by atoms with Gasteiger partial charge in [-0.3, -0.25) is 4.68 Å². The zero-order valence-electron chi connectivity index (χ0n) is 9.07. The second-order valence-electron chi connectivity index (χ2n) is 3.60. The average Bonchev–Trinajstić information content (AvgIpc) is 2.60. The van der Waals surface area contributed by atoms with Gasteiger partial charge in [-0.15, -0.1) is 0 Å². The molecule has 2 rings (SSSR count). The van der Waals surface area contributed by atoms with Gasteiger partial charge in [0.05, 0.1) is 6.20 Å². The summed E-state index contributed by atoms with van der Waals surface area (Å²) in [6, 6.07) is 8.30. The highest BCUT2D eigenvalue weighted by molar-refractivity contribution is 5.68. The van der Waals surface area contributed by atoms with Crippen molar-refractivity contribution in [1.29, 1.82) is 0 Å². The van der Waals surface area contributed by atoms with Crippen molar-refractivity contribution in [3.05, 3.63) is 48.3 Å². The Bertz CT molecular complexity index is 495. The van der Waals surface area contributed by atoms with Crippen molar-refractivity contribution in [2.24, 2.45) is 7.05 Å². The molecule has 0 aliphatic carbocycles. The lowest BCUT2D eigenvalue weighted by molar-refractivity contribution is 0.740. The molecule has 0 fully saturated rings. The summed E-state index contributed by atoms with van der Waals surface area (Å²) in [6.07, 6.45) is 3.76. The SMILES string of the molecule is C=Cc1cccc(-c2cnn(C)c2C)c1. The molecule has 1 heterocycles. The van der Waals surface area contributed by atoms with E-state index in [0.29, 0.717) is 0 Å². The zero-order valence-corrected chi connectivity index (χ0v) is 9.07. The monoisotopic (exact) mass is 198 g/mol. The first-order chi connectivity index (χ1) is 7.22. The standard InChI is InChI=1S/C13H14N2/c1-4-11-6-5-7-12(8-11)13-9-14-15(3)10(13)2/h4-9H,1H2,2-3H3. The number of hydrogen-bond acceptors (Lipinski definition) is 1. The van der Waals surface area contributed by atoms with E-state index in [-0.39, 0.29) is 0 Å². The number of hydrogen-bond donors (Lipinski definition) is 0. The first kappa shape index (κ1) is 9.71. The van der Waals surface area contributed by atoms with Gasteiger partial charge in [-0.2, -0.15) is 5.10 Å². The van der Waals surface area contributed by atoms with Crippen molar-refractivity contribution in [2.45, 2.75) is 6.92 Å². The Hall–Kier alpha value is -1.83. The fourth-order valence-electron chi connectivity index (χ4n) is 1.62. The second-order valence-corrected chi connectivity index (χ2v) is 3.60. The Morgan fingerprint density at radius 2 is 2.20 bits per heavy atom. The van der Waals surface area contributed by atoms with Crippen LogP contribution in [-0.4, -0.2) is 9.78 Å². The molecule has 1 aromatic carbocycles. The van der Waals surface area contributed by atoms with Gasteiger partial charge in [-0.05, 0) is 24.1 Å². The minimum absolute atomic E-state index is 1.13. The van der Waals surface area contributed by atoms with Gasteiger partial charge in [-0.1, -0.05) is 30.9 Å². The molecule has 15 heavy (non-hydrogen) atoms. The van der Waals surface area contributed by atoms with Crippen molar-refractivity contribution in [3.8, 4) is 11.1 Å². The fourth-order valence-corrected chi connectivity index (χ4v) is 1.62. The third-order valence-electron chi connectivity index (χ3n) is 2.67. The van der Waals surface area contributed by atoms with Crippen LogP contribution in [0.4, 0.5) is 0 Å². The molecule has 2 heteroatoms. The molecule has 0 spiro atoms. The minimum Gasteiger partial charge on any atom is -0.272 e. The second kappa shape index (κ2) is 3.73. The zero-order chi connectivity index (χ0) is 10.8. The molecule has 0 saturated heterocycles. The van der Waals surface area contributed by atoms with Gasteiger partial charge in [0.25, 0.3) is 0 Å². The predicted molar refractivity (Wildman–Crippen MR) is 63.5 cm³/mol. The summed E-state index contributed by atoms with van der Waals surface area (Å²) in [5, 5.41) is 4.24. The number of aromatic nitrogens is 2. The Morgan fingerprint density at radius 3 is 2.80 bits per heavy atom. The van der Waals surface area contributed by atoms with Gasteiger partial charge in [0.15, 0.2) is 0 Å². The fraction of sp³-hybridized carbons (Fsp3) is 0.154. The number of benzene rings is 1. The molecule has 0 amide bonds. The lowest BCUT2D eigenvalue weighted by Crippen LogP contribution is -1.92. The average molecular weight is 198 g/mol. The van der Waals surface area contributed by atoms with E-state index in [9.17, 15) is 0 Å². The van der Waals surface area contributed by atoms with Crippen LogP contribution in [0.2, 0.25) is 0 Å². The summed E-state index contributed by atoms with van der Waals surface area (Å²) < 4.78 is 1.88. The molecule has 0 unspecified atom stereocenters. The molecular weight excluding hydrogens is 184 g/mol. The topological polar surface area (TPSA) is 17.8 Å². The molecular formula is C13H14N2. The normalized spacial score (nSPS) is 10.3. The smallest absolute Gasteiger partial charge is 0.0571 e. The first-order valence-electron chi connectivity index (χ1n) is 4.94. The van der Waals surface area contributed by atoms with Gasteiger partial charge in [-0.25, -0.2) is 0 Å². The van der Waals surface area contributed by atoms with Crippen LogP contribution < -0.4 is 0 Å². The largest absolute Gasteiger partial charge is 0.272 e. The van der Waals surface area contributed by atoms with E-state index >= 15 is 0 Å². The maximum Gasteiger partial charge on any atom is 0.0571 e. The van der Waals surface area contributed by atoms with E-state index in [1.807, 2.05) is 36.1 Å². The van der Waals surface area contributed by atoms with E-state index in [1.165, 1.54) is 16.8 Å². The predicted octanol–water partition coefficient (Wildman–Crippen LogP) is 3.04. The van der Waals surface area contributed by atoms with Crippen LogP contribution in [0.3, 0.4) is 0 Å². The first-order valence-corrected chi connectivity index (χ1v) is 4.94. The highest BCUT2D eigenvalue weighted by Crippen LogP contribution is 2.23. The van der Waals surface area contributed by atoms with Crippen LogP contribution >= 0.6 is 0 Å². The Morgan fingerprint density at radius 1 is 1.40 bits per heavy atom. The molecule has 0 saturated carbocycles. The maximum atomic E-state index is 4.24. The van der Waals surface area contributed by atoms with Crippen LogP contribution in [-0.2, 0) is 7.05 Å². The quantitative estimate of drug-likeness (QED) is 0.725. The van der Waals surface area contributed by atoms with Gasteiger partial charge in [0.2, 0.25) is 0 Å². The molecule has 0 N–H and O–H groups in total. The molecule has 0 aliphatic rings. The van der Waals surface area contributed by atoms with Crippen LogP contribution in [0.5, 0.6) is 0 Å². The summed E-state index contributed by atoms with van der Waals surface area (Å²) in [5.41, 5.74) is 4.69. The molecule has 2 aromatic rings. The minimum atomic E-state index is 1.13. The van der Waals surface area contributed by atoms with E-state index in [1.54, 1.807) is 0 Å². The van der Waals surface area contributed by atoms with Crippen molar-refractivity contribution in [1.82, 2.24) is 9.78 Å². The van der Waals surface area contributed by atoms with Crippen molar-refractivity contribution < 1.29 is 0 Å². The Kier molecular flexibility index (Phi) is 2.42. The molecule has 0 aliphatic heterocycles. The van der Waals surface area contributed by atoms with E-state index in [0.717, 1.165) is 5.56 Å². The maximum absolute atomic E-state index is 4.24. The number of nitrogens with zero attached hydrogens (tertiary/aromatic N) is 2. The molecule has 0 radical (unpaired) electrons. The Balaban J connectivity index is 2.53. The van der Waals surface area contributed by atoms with Gasteiger partial charge in [0.1, 0.15) is 0 Å². The molecule has 0 atom stereocenters. The van der Waals surface area contributed by atoms with Crippen molar-refractivity contribution in [2.75, 3.05) is 0 Å². The summed E-state index contributed by atoms with van der Waals surface area (Å²) in [4.78, 5) is 0. The number of aryl methyl sites for hydroxylation is 1. The molecule has 2 nitrogen and oxygen atoms in total. The summed E-state index contributed by atoms with van der Waals surface area (Å²) in [6.45, 7) is 5.84. The van der Waals surface area contributed by atoms with Crippen LogP contribution in [0.25, 0.3) is 17.2 Å². The third kappa shape index (κ3) is 1.71. The lowest BCUT2D eigenvalue weighted by Gasteiger charge is -2.02. The van der Waals surface area contributed by atoms with Crippen molar-refractivity contribution >= 4 is 6.08 Å². The molecule has 0 bridgehead atoms.